The second kappa shape index (κ2) is 7.53. The van der Waals surface area contributed by atoms with Gasteiger partial charge in [-0.15, -0.1) is 12.4 Å². The van der Waals surface area contributed by atoms with Crippen molar-refractivity contribution in [3.63, 3.8) is 0 Å². The van der Waals surface area contributed by atoms with Gasteiger partial charge in [0.25, 0.3) is 0 Å². The van der Waals surface area contributed by atoms with Gasteiger partial charge in [-0.25, -0.2) is 23.6 Å². The van der Waals surface area contributed by atoms with Gasteiger partial charge in [-0.1, -0.05) is 0 Å². The molecule has 0 unspecified atom stereocenters. The molecular weight excluding hydrogens is 409 g/mol. The van der Waals surface area contributed by atoms with Crippen LogP contribution in [0.15, 0.2) is 71.3 Å². The predicted molar refractivity (Wildman–Crippen MR) is 115 cm³/mol. The number of hydrogen-bond donors (Lipinski definition) is 0. The van der Waals surface area contributed by atoms with Crippen molar-refractivity contribution in [2.75, 3.05) is 4.90 Å². The zero-order valence-corrected chi connectivity index (χ0v) is 16.5. The van der Waals surface area contributed by atoms with Crippen LogP contribution in [0.25, 0.3) is 22.7 Å². The van der Waals surface area contributed by atoms with Crippen molar-refractivity contribution in [2.24, 2.45) is 4.99 Å². The number of anilines is 1. The molecule has 0 amide bonds. The average molecular weight is 424 g/mol. The second-order valence-electron chi connectivity index (χ2n) is 6.48. The second-order valence-corrected chi connectivity index (χ2v) is 6.48. The van der Waals surface area contributed by atoms with Crippen molar-refractivity contribution in [3.8, 4) is 11.4 Å². The van der Waals surface area contributed by atoms with Crippen LogP contribution in [-0.4, -0.2) is 30.0 Å². The standard InChI is InChI=1S/C20H14FN7O.ClH/c1-13-10-27-11-14(9-16(21)19(27)23-13)18-24-17-4-3-15(12-28(17)20(29)25-18)26-7-2-5-22-6-8-26;/h2-12H,1H3;1H. The summed E-state index contributed by atoms with van der Waals surface area (Å²) in [5.41, 5.74) is 1.95. The van der Waals surface area contributed by atoms with Crippen LogP contribution in [0.5, 0.6) is 0 Å². The van der Waals surface area contributed by atoms with Gasteiger partial charge in [-0.05, 0) is 31.2 Å². The lowest BCUT2D eigenvalue weighted by Crippen LogP contribution is -2.20. The van der Waals surface area contributed by atoms with Gasteiger partial charge in [0, 0.05) is 49.0 Å². The summed E-state index contributed by atoms with van der Waals surface area (Å²) in [4.78, 5) is 31.1. The number of pyridine rings is 2. The summed E-state index contributed by atoms with van der Waals surface area (Å²) in [6.45, 7) is 1.78. The van der Waals surface area contributed by atoms with Gasteiger partial charge >= 0.3 is 5.69 Å². The number of halogens is 2. The molecule has 0 N–H and O–H groups in total. The molecule has 30 heavy (non-hydrogen) atoms. The van der Waals surface area contributed by atoms with E-state index < -0.39 is 11.5 Å². The number of allylic oxidation sites excluding steroid dienone is 1. The fraction of sp³-hybridized carbons (Fsp3) is 0.0500. The lowest BCUT2D eigenvalue weighted by atomic mass is 10.2. The third kappa shape index (κ3) is 3.35. The van der Waals surface area contributed by atoms with Crippen LogP contribution in [0, 0.1) is 12.7 Å². The summed E-state index contributed by atoms with van der Waals surface area (Å²) in [6.07, 6.45) is 13.7. The molecule has 8 nitrogen and oxygen atoms in total. The fourth-order valence-electron chi connectivity index (χ4n) is 3.15. The van der Waals surface area contributed by atoms with E-state index in [4.69, 9.17) is 0 Å². The Kier molecular flexibility index (Phi) is 4.88. The molecule has 0 radical (unpaired) electrons. The van der Waals surface area contributed by atoms with E-state index in [-0.39, 0.29) is 23.9 Å². The van der Waals surface area contributed by atoms with Crippen molar-refractivity contribution in [2.45, 2.75) is 6.92 Å². The van der Waals surface area contributed by atoms with E-state index in [0.717, 1.165) is 5.69 Å². The Morgan fingerprint density at radius 1 is 1.03 bits per heavy atom. The Bertz CT molecular complexity index is 1400. The first kappa shape index (κ1) is 19.5. The number of aryl methyl sites for hydroxylation is 1. The normalized spacial score (nSPS) is 13.1. The summed E-state index contributed by atoms with van der Waals surface area (Å²) in [5.74, 6) is -0.352. The molecule has 0 atom stereocenters. The van der Waals surface area contributed by atoms with Gasteiger partial charge in [0.2, 0.25) is 0 Å². The molecule has 0 saturated carbocycles. The van der Waals surface area contributed by atoms with E-state index in [1.807, 2.05) is 17.2 Å². The van der Waals surface area contributed by atoms with Crippen molar-refractivity contribution < 1.29 is 4.39 Å². The lowest BCUT2D eigenvalue weighted by Gasteiger charge is -2.15. The molecule has 0 spiro atoms. The Balaban J connectivity index is 0.00000218. The number of nitrogens with zero attached hydrogens (tertiary/aromatic N) is 7. The number of imidazole rings is 1. The van der Waals surface area contributed by atoms with Crippen LogP contribution in [0.3, 0.4) is 0 Å². The van der Waals surface area contributed by atoms with Crippen molar-refractivity contribution >= 4 is 35.6 Å². The molecule has 0 aliphatic carbocycles. The summed E-state index contributed by atoms with van der Waals surface area (Å²) < 4.78 is 17.3. The summed E-state index contributed by atoms with van der Waals surface area (Å²) in [5, 5.41) is 0. The first-order valence-corrected chi connectivity index (χ1v) is 8.79. The minimum Gasteiger partial charge on any atom is -0.321 e. The smallest absolute Gasteiger partial charge is 0.321 e. The monoisotopic (exact) mass is 423 g/mol. The van der Waals surface area contributed by atoms with Crippen LogP contribution in [0.2, 0.25) is 0 Å². The molecule has 10 heteroatoms. The van der Waals surface area contributed by atoms with Crippen molar-refractivity contribution in [1.29, 1.82) is 0 Å². The molecule has 1 aliphatic heterocycles. The maximum absolute atomic E-state index is 14.4. The zero-order chi connectivity index (χ0) is 20.0. The van der Waals surface area contributed by atoms with Crippen molar-refractivity contribution in [1.82, 2.24) is 23.8 Å². The van der Waals surface area contributed by atoms with E-state index in [0.29, 0.717) is 16.9 Å². The lowest BCUT2D eigenvalue weighted by molar-refractivity contribution is 0.630. The topological polar surface area (TPSA) is 80.2 Å². The van der Waals surface area contributed by atoms with Crippen LogP contribution in [0.1, 0.15) is 5.69 Å². The highest BCUT2D eigenvalue weighted by Crippen LogP contribution is 2.21. The van der Waals surface area contributed by atoms with Gasteiger partial charge in [-0.2, -0.15) is 4.98 Å². The first-order valence-electron chi connectivity index (χ1n) is 8.79. The van der Waals surface area contributed by atoms with Gasteiger partial charge in [0.05, 0.1) is 11.4 Å². The van der Waals surface area contributed by atoms with E-state index in [1.54, 1.807) is 60.7 Å². The summed E-state index contributed by atoms with van der Waals surface area (Å²) >= 11 is 0. The zero-order valence-electron chi connectivity index (χ0n) is 15.7. The predicted octanol–water partition coefficient (Wildman–Crippen LogP) is 3.15. The highest BCUT2D eigenvalue weighted by molar-refractivity contribution is 5.85. The minimum atomic E-state index is -0.506. The van der Waals surface area contributed by atoms with Gasteiger partial charge in [0.15, 0.2) is 17.3 Å². The number of hydrogen-bond acceptors (Lipinski definition) is 6. The molecule has 0 aromatic carbocycles. The first-order chi connectivity index (χ1) is 14.1. The molecule has 1 aliphatic rings. The van der Waals surface area contributed by atoms with Crippen molar-refractivity contribution in [3.05, 3.63) is 83.5 Å². The molecule has 5 rings (SSSR count). The fourth-order valence-corrected chi connectivity index (χ4v) is 3.15. The molecule has 0 bridgehead atoms. The number of rotatable bonds is 2. The molecule has 0 fully saturated rings. The molecule has 4 aromatic heterocycles. The minimum absolute atomic E-state index is 0. The third-order valence-corrected chi connectivity index (χ3v) is 4.45. The maximum Gasteiger partial charge on any atom is 0.355 e. The van der Waals surface area contributed by atoms with Crippen LogP contribution in [-0.2, 0) is 0 Å². The summed E-state index contributed by atoms with van der Waals surface area (Å²) in [6, 6.07) is 4.83. The molecule has 150 valence electrons. The van der Waals surface area contributed by atoms with E-state index in [9.17, 15) is 9.18 Å². The van der Waals surface area contributed by atoms with Crippen LogP contribution in [0.4, 0.5) is 10.1 Å². The SMILES string of the molecule is Cc1cn2cc(-c3nc(=O)n4cc(N5C=CC=NC=C5)ccc4n3)cc(F)c2n1.Cl. The van der Waals surface area contributed by atoms with E-state index in [1.165, 1.54) is 10.5 Å². The Labute approximate surface area is 175 Å². The number of fused-ring (bicyclic) bond motifs is 2. The molecule has 4 aromatic rings. The molecule has 5 heterocycles. The molecule has 0 saturated heterocycles. The quantitative estimate of drug-likeness (QED) is 0.495. The number of aromatic nitrogens is 5. The highest BCUT2D eigenvalue weighted by Gasteiger charge is 2.13. The highest BCUT2D eigenvalue weighted by atomic mass is 35.5. The van der Waals surface area contributed by atoms with E-state index >= 15 is 0 Å². The van der Waals surface area contributed by atoms with Gasteiger partial charge in [0.1, 0.15) is 5.65 Å². The average Bonchev–Trinajstić information content (AvgIpc) is 2.90. The number of aliphatic imine (C=N–C) groups is 1. The Hall–Kier alpha value is -3.85. The maximum atomic E-state index is 14.4. The van der Waals surface area contributed by atoms with Crippen LogP contribution < -0.4 is 10.6 Å². The van der Waals surface area contributed by atoms with E-state index in [2.05, 4.69) is 19.9 Å². The third-order valence-electron chi connectivity index (χ3n) is 4.45. The largest absolute Gasteiger partial charge is 0.355 e. The summed E-state index contributed by atoms with van der Waals surface area (Å²) in [7, 11) is 0. The van der Waals surface area contributed by atoms with Gasteiger partial charge in [-0.3, -0.25) is 4.99 Å². The Morgan fingerprint density at radius 3 is 2.77 bits per heavy atom. The Morgan fingerprint density at radius 2 is 1.90 bits per heavy atom. The molecular formula is C20H15ClFN7O. The van der Waals surface area contributed by atoms with Gasteiger partial charge < -0.3 is 9.30 Å². The van der Waals surface area contributed by atoms with Crippen LogP contribution >= 0.6 is 12.4 Å².